The van der Waals surface area contributed by atoms with Gasteiger partial charge >= 0.3 is 0 Å². The second kappa shape index (κ2) is 6.16. The lowest BCUT2D eigenvalue weighted by molar-refractivity contribution is -0.117. The predicted molar refractivity (Wildman–Crippen MR) is 79.2 cm³/mol. The number of pyridine rings is 1. The summed E-state index contributed by atoms with van der Waals surface area (Å²) in [6.45, 7) is 0. The highest BCUT2D eigenvalue weighted by Crippen LogP contribution is 2.29. The normalized spacial score (nSPS) is 10.1. The number of aromatic nitrogens is 1. The van der Waals surface area contributed by atoms with Gasteiger partial charge in [-0.3, -0.25) is 9.78 Å². The Morgan fingerprint density at radius 1 is 1.20 bits per heavy atom. The van der Waals surface area contributed by atoms with E-state index < -0.39 is 5.91 Å². The Labute approximate surface area is 121 Å². The lowest BCUT2D eigenvalue weighted by Gasteiger charge is -2.10. The van der Waals surface area contributed by atoms with Gasteiger partial charge in [-0.2, -0.15) is 4.99 Å². The van der Waals surface area contributed by atoms with Crippen molar-refractivity contribution in [1.82, 2.24) is 4.98 Å². The van der Waals surface area contributed by atoms with Gasteiger partial charge < -0.3 is 11.5 Å². The molecule has 0 atom stereocenters. The molecular weight excluding hydrogens is 276 g/mol. The molecule has 6 heteroatoms. The van der Waals surface area contributed by atoms with E-state index in [1.54, 1.807) is 18.5 Å². The van der Waals surface area contributed by atoms with Crippen molar-refractivity contribution in [3.8, 4) is 11.1 Å². The standard InChI is InChI=1S/C14H13ClN4O/c15-12-3-1-2-10(9-4-6-18-7-5-9)11(12)8-13(20)19-14(16)17/h1-7H,8H2,(H4,16,17,19,20). The SMILES string of the molecule is NC(N)=NC(=O)Cc1c(Cl)cccc1-c1ccncc1. The molecule has 0 bridgehead atoms. The third-order valence-electron chi connectivity index (χ3n) is 2.69. The molecule has 0 aliphatic carbocycles. The summed E-state index contributed by atoms with van der Waals surface area (Å²) in [7, 11) is 0. The van der Waals surface area contributed by atoms with Crippen LogP contribution in [0.25, 0.3) is 11.1 Å². The fourth-order valence-electron chi connectivity index (χ4n) is 1.87. The smallest absolute Gasteiger partial charge is 0.253 e. The van der Waals surface area contributed by atoms with Crippen molar-refractivity contribution in [3.05, 3.63) is 53.3 Å². The number of aliphatic imine (C=N–C) groups is 1. The summed E-state index contributed by atoms with van der Waals surface area (Å²) < 4.78 is 0. The molecule has 4 N–H and O–H groups in total. The van der Waals surface area contributed by atoms with Gasteiger partial charge in [0.25, 0.3) is 5.91 Å². The Hall–Kier alpha value is -2.40. The summed E-state index contributed by atoms with van der Waals surface area (Å²) in [5, 5.41) is 0.499. The number of nitrogens with zero attached hydrogens (tertiary/aromatic N) is 2. The summed E-state index contributed by atoms with van der Waals surface area (Å²) in [5.74, 6) is -0.694. The number of hydrogen-bond donors (Lipinski definition) is 2. The molecule has 0 aliphatic heterocycles. The molecule has 0 spiro atoms. The predicted octanol–water partition coefficient (Wildman–Crippen LogP) is 1.74. The van der Waals surface area contributed by atoms with E-state index in [9.17, 15) is 4.79 Å². The van der Waals surface area contributed by atoms with E-state index in [2.05, 4.69) is 9.98 Å². The van der Waals surface area contributed by atoms with Gasteiger partial charge in [-0.25, -0.2) is 0 Å². The van der Waals surface area contributed by atoms with Crippen molar-refractivity contribution in [2.45, 2.75) is 6.42 Å². The number of carbonyl (C=O) groups excluding carboxylic acids is 1. The highest BCUT2D eigenvalue weighted by atomic mass is 35.5. The topological polar surface area (TPSA) is 94.4 Å². The first-order chi connectivity index (χ1) is 9.58. The van der Waals surface area contributed by atoms with Crippen LogP contribution in [0.3, 0.4) is 0 Å². The highest BCUT2D eigenvalue weighted by Gasteiger charge is 2.12. The quantitative estimate of drug-likeness (QED) is 0.664. The lowest BCUT2D eigenvalue weighted by atomic mass is 9.98. The van der Waals surface area contributed by atoms with Crippen molar-refractivity contribution >= 4 is 23.5 Å². The third-order valence-corrected chi connectivity index (χ3v) is 3.05. The number of benzene rings is 1. The number of nitrogens with two attached hydrogens (primary N) is 2. The van der Waals surface area contributed by atoms with Crippen LogP contribution in [0.4, 0.5) is 0 Å². The van der Waals surface area contributed by atoms with Gasteiger partial charge in [0.2, 0.25) is 0 Å². The van der Waals surface area contributed by atoms with E-state index in [-0.39, 0.29) is 12.4 Å². The van der Waals surface area contributed by atoms with E-state index in [0.29, 0.717) is 10.6 Å². The summed E-state index contributed by atoms with van der Waals surface area (Å²) in [4.78, 5) is 19.2. The second-order valence-electron chi connectivity index (χ2n) is 4.11. The third kappa shape index (κ3) is 3.33. The number of halogens is 1. The molecule has 1 heterocycles. The van der Waals surface area contributed by atoms with Gasteiger partial charge in [0.05, 0.1) is 6.42 Å². The van der Waals surface area contributed by atoms with E-state index in [0.717, 1.165) is 11.1 Å². The maximum absolute atomic E-state index is 11.7. The number of hydrogen-bond acceptors (Lipinski definition) is 2. The molecule has 0 saturated carbocycles. The molecule has 0 unspecified atom stereocenters. The minimum Gasteiger partial charge on any atom is -0.370 e. The lowest BCUT2D eigenvalue weighted by Crippen LogP contribution is -2.24. The van der Waals surface area contributed by atoms with Gasteiger partial charge in [0.15, 0.2) is 5.96 Å². The van der Waals surface area contributed by atoms with Crippen LogP contribution in [0.2, 0.25) is 5.02 Å². The molecule has 102 valence electrons. The molecule has 0 radical (unpaired) electrons. The minimum absolute atomic E-state index is 0.0369. The Bertz CT molecular complexity index is 651. The van der Waals surface area contributed by atoms with Gasteiger partial charge in [-0.15, -0.1) is 0 Å². The zero-order valence-electron chi connectivity index (χ0n) is 10.6. The highest BCUT2D eigenvalue weighted by molar-refractivity contribution is 6.32. The first kappa shape index (κ1) is 14.0. The number of guanidine groups is 1. The largest absolute Gasteiger partial charge is 0.370 e. The summed E-state index contributed by atoms with van der Waals surface area (Å²) in [5.41, 5.74) is 12.9. The van der Waals surface area contributed by atoms with Crippen molar-refractivity contribution in [2.24, 2.45) is 16.5 Å². The molecule has 20 heavy (non-hydrogen) atoms. The molecule has 1 aromatic carbocycles. The number of rotatable bonds is 3. The van der Waals surface area contributed by atoms with Crippen LogP contribution in [0.5, 0.6) is 0 Å². The molecule has 1 aromatic heterocycles. The fraction of sp³-hybridized carbons (Fsp3) is 0.0714. The Balaban J connectivity index is 2.42. The van der Waals surface area contributed by atoms with Crippen LogP contribution in [0.1, 0.15) is 5.56 Å². The van der Waals surface area contributed by atoms with Crippen molar-refractivity contribution < 1.29 is 4.79 Å². The van der Waals surface area contributed by atoms with Crippen molar-refractivity contribution in [1.29, 1.82) is 0 Å². The van der Waals surface area contributed by atoms with Crippen molar-refractivity contribution in [3.63, 3.8) is 0 Å². The Morgan fingerprint density at radius 3 is 2.55 bits per heavy atom. The van der Waals surface area contributed by atoms with E-state index in [1.165, 1.54) is 0 Å². The molecule has 5 nitrogen and oxygen atoms in total. The average Bonchev–Trinajstić information content (AvgIpc) is 2.41. The Morgan fingerprint density at radius 2 is 1.90 bits per heavy atom. The van der Waals surface area contributed by atoms with Crippen LogP contribution < -0.4 is 11.5 Å². The van der Waals surface area contributed by atoms with Crippen LogP contribution in [0, 0.1) is 0 Å². The molecular formula is C14H13ClN4O. The van der Waals surface area contributed by atoms with Crippen molar-refractivity contribution in [2.75, 3.05) is 0 Å². The zero-order valence-corrected chi connectivity index (χ0v) is 11.3. The average molecular weight is 289 g/mol. The van der Waals surface area contributed by atoms with Gasteiger partial charge in [-0.1, -0.05) is 23.7 Å². The van der Waals surface area contributed by atoms with Gasteiger partial charge in [0.1, 0.15) is 0 Å². The summed E-state index contributed by atoms with van der Waals surface area (Å²) in [6.07, 6.45) is 3.39. The molecule has 2 rings (SSSR count). The summed E-state index contributed by atoms with van der Waals surface area (Å²) in [6, 6.07) is 9.14. The van der Waals surface area contributed by atoms with Gasteiger partial charge in [0, 0.05) is 17.4 Å². The Kier molecular flexibility index (Phi) is 4.32. The maximum Gasteiger partial charge on any atom is 0.253 e. The number of carbonyl (C=O) groups is 1. The fourth-order valence-corrected chi connectivity index (χ4v) is 2.12. The van der Waals surface area contributed by atoms with Crippen LogP contribution in [0.15, 0.2) is 47.7 Å². The van der Waals surface area contributed by atoms with Crippen LogP contribution in [-0.2, 0) is 11.2 Å². The van der Waals surface area contributed by atoms with E-state index >= 15 is 0 Å². The molecule has 0 saturated heterocycles. The first-order valence-electron chi connectivity index (χ1n) is 5.88. The van der Waals surface area contributed by atoms with Crippen LogP contribution in [-0.4, -0.2) is 16.9 Å². The van der Waals surface area contributed by atoms with Crippen LogP contribution >= 0.6 is 11.6 Å². The van der Waals surface area contributed by atoms with E-state index in [4.69, 9.17) is 23.1 Å². The molecule has 0 fully saturated rings. The molecule has 0 aliphatic rings. The first-order valence-corrected chi connectivity index (χ1v) is 6.26. The van der Waals surface area contributed by atoms with E-state index in [1.807, 2.05) is 24.3 Å². The maximum atomic E-state index is 11.7. The number of amides is 1. The molecule has 2 aromatic rings. The second-order valence-corrected chi connectivity index (χ2v) is 4.52. The monoisotopic (exact) mass is 288 g/mol. The summed E-state index contributed by atoms with van der Waals surface area (Å²) >= 11 is 6.18. The van der Waals surface area contributed by atoms with Gasteiger partial charge in [-0.05, 0) is 34.9 Å². The zero-order chi connectivity index (χ0) is 14.5. The minimum atomic E-state index is -0.437. The molecule has 1 amide bonds.